The Kier molecular flexibility index (Phi) is 11.7. The van der Waals surface area contributed by atoms with Gasteiger partial charge in [-0.15, -0.1) is 0 Å². The number of rotatable bonds is 15. The summed E-state index contributed by atoms with van der Waals surface area (Å²) in [5.41, 5.74) is 7.59. The SMILES string of the molecule is C=C(N)C(=C)C(CC1CC1)NC(=O)C1C2[C@H](CN1C(=C)C(NC(=O)NC(CCC(=O)NCC)C(C)(C)C)C1(C)CCCCCC1)C2(C)C. The zero-order valence-corrected chi connectivity index (χ0v) is 31.1. The summed E-state index contributed by atoms with van der Waals surface area (Å²) in [5.74, 6) is 1.11. The number of fused-ring (bicyclic) bond motifs is 1. The van der Waals surface area contributed by atoms with E-state index in [1.54, 1.807) is 0 Å². The first kappa shape index (κ1) is 37.8. The van der Waals surface area contributed by atoms with E-state index in [-0.39, 0.29) is 64.2 Å². The fraction of sp³-hybridized carbons (Fsp3) is 0.769. The molecule has 270 valence electrons. The molecule has 4 aliphatic rings. The Bertz CT molecular complexity index is 1240. The third-order valence-electron chi connectivity index (χ3n) is 12.2. The Morgan fingerprint density at radius 2 is 1.58 bits per heavy atom. The van der Waals surface area contributed by atoms with Crippen LogP contribution in [0.5, 0.6) is 0 Å². The minimum Gasteiger partial charge on any atom is -0.399 e. The van der Waals surface area contributed by atoms with Gasteiger partial charge in [0, 0.05) is 36.9 Å². The van der Waals surface area contributed by atoms with Gasteiger partial charge in [0.25, 0.3) is 0 Å². The van der Waals surface area contributed by atoms with Crippen LogP contribution in [0.15, 0.2) is 36.7 Å². The van der Waals surface area contributed by atoms with Gasteiger partial charge in [-0.1, -0.05) is 99.8 Å². The Labute approximate surface area is 290 Å². The molecule has 9 nitrogen and oxygen atoms in total. The van der Waals surface area contributed by atoms with E-state index in [0.717, 1.165) is 57.2 Å². The molecule has 0 radical (unpaired) electrons. The second-order valence-electron chi connectivity index (χ2n) is 17.4. The first-order chi connectivity index (χ1) is 22.4. The normalized spacial score (nSPS) is 26.1. The lowest BCUT2D eigenvalue weighted by molar-refractivity contribution is -0.127. The number of carbonyl (C=O) groups is 3. The molecular formula is C39H66N6O3. The third-order valence-corrected chi connectivity index (χ3v) is 12.2. The number of hydrogen-bond donors (Lipinski definition) is 5. The summed E-state index contributed by atoms with van der Waals surface area (Å²) >= 11 is 0. The Morgan fingerprint density at radius 1 is 0.958 bits per heavy atom. The predicted molar refractivity (Wildman–Crippen MR) is 195 cm³/mol. The lowest BCUT2D eigenvalue weighted by Crippen LogP contribution is -2.58. The van der Waals surface area contributed by atoms with E-state index in [9.17, 15) is 14.4 Å². The highest BCUT2D eigenvalue weighted by molar-refractivity contribution is 5.85. The number of amides is 4. The van der Waals surface area contributed by atoms with Crippen LogP contribution in [-0.4, -0.2) is 60.0 Å². The Morgan fingerprint density at radius 3 is 2.12 bits per heavy atom. The third kappa shape index (κ3) is 8.78. The highest BCUT2D eigenvalue weighted by Crippen LogP contribution is 2.65. The molecule has 9 heteroatoms. The maximum atomic E-state index is 14.4. The molecule has 1 saturated heterocycles. The van der Waals surface area contributed by atoms with Crippen molar-refractivity contribution in [3.63, 3.8) is 0 Å². The molecule has 1 heterocycles. The van der Waals surface area contributed by atoms with Gasteiger partial charge in [0.05, 0.1) is 12.1 Å². The van der Waals surface area contributed by atoms with Crippen LogP contribution in [0.3, 0.4) is 0 Å². The zero-order chi connectivity index (χ0) is 35.6. The van der Waals surface area contributed by atoms with Crippen molar-refractivity contribution in [2.45, 2.75) is 143 Å². The number of nitrogens with zero attached hydrogens (tertiary/aromatic N) is 1. The number of piperidine rings is 1. The quantitative estimate of drug-likeness (QED) is 0.106. The van der Waals surface area contributed by atoms with Crippen LogP contribution in [0, 0.1) is 34.0 Å². The molecule has 0 aromatic rings. The van der Waals surface area contributed by atoms with Crippen LogP contribution in [0.25, 0.3) is 0 Å². The largest absolute Gasteiger partial charge is 0.399 e. The molecule has 0 bridgehead atoms. The number of carbonyl (C=O) groups excluding carboxylic acids is 3. The number of hydrogen-bond acceptors (Lipinski definition) is 5. The second kappa shape index (κ2) is 14.9. The van der Waals surface area contributed by atoms with Gasteiger partial charge >= 0.3 is 6.03 Å². The first-order valence-corrected chi connectivity index (χ1v) is 18.6. The summed E-state index contributed by atoms with van der Waals surface area (Å²) in [4.78, 5) is 42.9. The van der Waals surface area contributed by atoms with Crippen molar-refractivity contribution in [2.75, 3.05) is 13.1 Å². The molecule has 3 saturated carbocycles. The van der Waals surface area contributed by atoms with E-state index in [0.29, 0.717) is 42.5 Å². The van der Waals surface area contributed by atoms with Gasteiger partial charge in [-0.25, -0.2) is 4.79 Å². The molecule has 48 heavy (non-hydrogen) atoms. The van der Waals surface area contributed by atoms with E-state index in [1.165, 1.54) is 12.8 Å². The summed E-state index contributed by atoms with van der Waals surface area (Å²) in [6.07, 6.45) is 10.5. The van der Waals surface area contributed by atoms with Crippen molar-refractivity contribution < 1.29 is 14.4 Å². The van der Waals surface area contributed by atoms with Crippen LogP contribution in [-0.2, 0) is 9.59 Å². The Balaban J connectivity index is 1.58. The number of urea groups is 1. The maximum Gasteiger partial charge on any atom is 0.315 e. The molecule has 1 aliphatic heterocycles. The number of nitrogens with two attached hydrogens (primary N) is 1. The van der Waals surface area contributed by atoms with Crippen molar-refractivity contribution in [3.05, 3.63) is 36.7 Å². The molecular weight excluding hydrogens is 600 g/mol. The monoisotopic (exact) mass is 667 g/mol. The van der Waals surface area contributed by atoms with Gasteiger partial charge in [0.1, 0.15) is 6.04 Å². The molecule has 4 amide bonds. The lowest BCUT2D eigenvalue weighted by atomic mass is 9.74. The van der Waals surface area contributed by atoms with Crippen molar-refractivity contribution in [2.24, 2.45) is 39.7 Å². The summed E-state index contributed by atoms with van der Waals surface area (Å²) < 4.78 is 0. The average Bonchev–Trinajstić information content (AvgIpc) is 3.87. The minimum absolute atomic E-state index is 0.00950. The average molecular weight is 667 g/mol. The Hall–Kier alpha value is -2.97. The van der Waals surface area contributed by atoms with E-state index in [2.05, 4.69) is 87.4 Å². The van der Waals surface area contributed by atoms with Gasteiger partial charge in [0.15, 0.2) is 0 Å². The highest BCUT2D eigenvalue weighted by Gasteiger charge is 2.69. The summed E-state index contributed by atoms with van der Waals surface area (Å²) in [6.45, 7) is 29.1. The highest BCUT2D eigenvalue weighted by atomic mass is 16.2. The van der Waals surface area contributed by atoms with E-state index < -0.39 is 0 Å². The van der Waals surface area contributed by atoms with Crippen LogP contribution >= 0.6 is 0 Å². The molecule has 4 fully saturated rings. The van der Waals surface area contributed by atoms with E-state index in [4.69, 9.17) is 5.73 Å². The van der Waals surface area contributed by atoms with Gasteiger partial charge in [-0.2, -0.15) is 0 Å². The van der Waals surface area contributed by atoms with Crippen molar-refractivity contribution in [3.8, 4) is 0 Å². The molecule has 0 spiro atoms. The van der Waals surface area contributed by atoms with Crippen LogP contribution in [0.4, 0.5) is 4.79 Å². The first-order valence-electron chi connectivity index (χ1n) is 18.6. The van der Waals surface area contributed by atoms with Gasteiger partial charge in [-0.05, 0) is 72.2 Å². The molecule has 0 aromatic carbocycles. The van der Waals surface area contributed by atoms with Gasteiger partial charge < -0.3 is 31.9 Å². The fourth-order valence-electron chi connectivity index (χ4n) is 8.60. The number of likely N-dealkylation sites (tertiary alicyclic amines) is 1. The van der Waals surface area contributed by atoms with E-state index in [1.807, 2.05) is 6.92 Å². The van der Waals surface area contributed by atoms with E-state index >= 15 is 0 Å². The standard InChI is InChI=1S/C39H66N6O3/c1-11-41-31(46)19-18-30(37(5,6)7)43-36(48)44-34(39(10)20-14-12-13-15-21-39)26(4)45-23-28-32(38(28,8)9)33(45)35(47)42-29(22-27-16-17-27)24(2)25(3)40/h27-30,32-34H,2-4,11-23,40H2,1,5-10H3,(H,41,46)(H,42,47)(H2,43,44,48)/t28-,29?,30?,32?,33?,34?/m0/s1. The van der Waals surface area contributed by atoms with Crippen molar-refractivity contribution >= 4 is 17.8 Å². The zero-order valence-electron chi connectivity index (χ0n) is 31.1. The second-order valence-corrected chi connectivity index (χ2v) is 17.4. The summed E-state index contributed by atoms with van der Waals surface area (Å²) in [6, 6.07) is -1.44. The molecule has 3 aliphatic carbocycles. The van der Waals surface area contributed by atoms with Crippen LogP contribution < -0.4 is 27.0 Å². The molecule has 6 atom stereocenters. The van der Waals surface area contributed by atoms with Gasteiger partial charge in [-0.3, -0.25) is 9.59 Å². The predicted octanol–water partition coefficient (Wildman–Crippen LogP) is 6.13. The summed E-state index contributed by atoms with van der Waals surface area (Å²) in [7, 11) is 0. The molecule has 4 rings (SSSR count). The molecule has 5 unspecified atom stereocenters. The van der Waals surface area contributed by atoms with Crippen molar-refractivity contribution in [1.82, 2.24) is 26.2 Å². The molecule has 6 N–H and O–H groups in total. The summed E-state index contributed by atoms with van der Waals surface area (Å²) in [5, 5.41) is 12.9. The van der Waals surface area contributed by atoms with Gasteiger partial charge in [0.2, 0.25) is 11.8 Å². The maximum absolute atomic E-state index is 14.4. The smallest absolute Gasteiger partial charge is 0.315 e. The lowest BCUT2D eigenvalue weighted by Gasteiger charge is -2.44. The fourth-order valence-corrected chi connectivity index (χ4v) is 8.60. The number of nitrogens with one attached hydrogen (secondary N) is 4. The molecule has 0 aromatic heterocycles. The minimum atomic E-state index is -0.390. The van der Waals surface area contributed by atoms with Crippen LogP contribution in [0.1, 0.15) is 119 Å². The topological polar surface area (TPSA) is 129 Å². The van der Waals surface area contributed by atoms with Crippen molar-refractivity contribution in [1.29, 1.82) is 0 Å². The van der Waals surface area contributed by atoms with Crippen LogP contribution in [0.2, 0.25) is 0 Å².